The number of phenolic OH excluding ortho intramolecular Hbond substituents is 1. The molecule has 1 N–H and O–H groups in total. The van der Waals surface area contributed by atoms with Gasteiger partial charge in [0.25, 0.3) is 0 Å². The number of halogens is 2. The summed E-state index contributed by atoms with van der Waals surface area (Å²) in [5, 5.41) is 9.40. The van der Waals surface area contributed by atoms with Gasteiger partial charge in [-0.2, -0.15) is 0 Å². The van der Waals surface area contributed by atoms with Crippen molar-refractivity contribution in [3.05, 3.63) is 34.7 Å². The lowest BCUT2D eigenvalue weighted by Crippen LogP contribution is -1.83. The number of nitrogens with zero attached hydrogens (tertiary/aromatic N) is 1. The fraction of sp³-hybridized carbons (Fsp3) is 0. The topological polar surface area (TPSA) is 33.1 Å². The van der Waals surface area contributed by atoms with E-state index in [2.05, 4.69) is 20.9 Å². The van der Waals surface area contributed by atoms with Crippen LogP contribution in [-0.2, 0) is 0 Å². The lowest BCUT2D eigenvalue weighted by atomic mass is 10.2. The third-order valence-electron chi connectivity index (χ3n) is 1.75. The molecule has 2 rings (SSSR count). The molecule has 0 aliphatic rings. The predicted molar refractivity (Wildman–Crippen MR) is 51.1 cm³/mol. The Morgan fingerprint density at radius 1 is 1.38 bits per heavy atom. The van der Waals surface area contributed by atoms with E-state index in [0.717, 1.165) is 0 Å². The molecular formula is C9H5BrFNO. The maximum Gasteiger partial charge on any atom is 0.174 e. The lowest BCUT2D eigenvalue weighted by Gasteiger charge is -2.00. The fourth-order valence-electron chi connectivity index (χ4n) is 1.13. The summed E-state index contributed by atoms with van der Waals surface area (Å²) in [5.74, 6) is -0.987. The highest BCUT2D eigenvalue weighted by Gasteiger charge is 2.06. The largest absolute Gasteiger partial charge is 0.505 e. The van der Waals surface area contributed by atoms with Crippen molar-refractivity contribution >= 4 is 26.8 Å². The summed E-state index contributed by atoms with van der Waals surface area (Å²) >= 11 is 3.18. The summed E-state index contributed by atoms with van der Waals surface area (Å²) in [6.07, 6.45) is 1.58. The molecule has 0 atom stereocenters. The second-order valence-electron chi connectivity index (χ2n) is 2.62. The molecule has 0 aliphatic heterocycles. The molecule has 0 aliphatic carbocycles. The summed E-state index contributed by atoms with van der Waals surface area (Å²) < 4.78 is 14.0. The van der Waals surface area contributed by atoms with Gasteiger partial charge in [-0.15, -0.1) is 0 Å². The zero-order valence-corrected chi connectivity index (χ0v) is 8.05. The van der Waals surface area contributed by atoms with Gasteiger partial charge in [0, 0.05) is 16.1 Å². The summed E-state index contributed by atoms with van der Waals surface area (Å²) in [6, 6.07) is 4.44. The molecule has 0 unspecified atom stereocenters. The van der Waals surface area contributed by atoms with E-state index in [-0.39, 0.29) is 5.75 Å². The molecule has 0 bridgehead atoms. The molecule has 1 heterocycles. The Morgan fingerprint density at radius 3 is 2.92 bits per heavy atom. The molecule has 0 saturated carbocycles. The lowest BCUT2D eigenvalue weighted by molar-refractivity contribution is 0.436. The molecule has 1 aromatic carbocycles. The van der Waals surface area contributed by atoms with Crippen molar-refractivity contribution in [3.8, 4) is 5.75 Å². The molecule has 0 amide bonds. The third kappa shape index (κ3) is 1.37. The van der Waals surface area contributed by atoms with Crippen molar-refractivity contribution in [1.29, 1.82) is 0 Å². The smallest absolute Gasteiger partial charge is 0.174 e. The zero-order chi connectivity index (χ0) is 9.42. The van der Waals surface area contributed by atoms with Gasteiger partial charge in [-0.25, -0.2) is 4.39 Å². The first-order valence-corrected chi connectivity index (χ1v) is 4.40. The SMILES string of the molecule is Oc1ccc2ncc(Br)cc2c1F. The summed E-state index contributed by atoms with van der Waals surface area (Å²) in [4.78, 5) is 3.98. The van der Waals surface area contributed by atoms with Gasteiger partial charge in [0.2, 0.25) is 0 Å². The van der Waals surface area contributed by atoms with Crippen LogP contribution in [0.15, 0.2) is 28.9 Å². The van der Waals surface area contributed by atoms with E-state index in [1.165, 1.54) is 6.07 Å². The number of aromatic nitrogens is 1. The van der Waals surface area contributed by atoms with E-state index >= 15 is 0 Å². The summed E-state index contributed by atoms with van der Waals surface area (Å²) in [5.41, 5.74) is 0.526. The van der Waals surface area contributed by atoms with Gasteiger partial charge in [-0.05, 0) is 34.1 Å². The Hall–Kier alpha value is -1.16. The van der Waals surface area contributed by atoms with Crippen molar-refractivity contribution in [3.63, 3.8) is 0 Å². The van der Waals surface area contributed by atoms with E-state index in [1.807, 2.05) is 0 Å². The van der Waals surface area contributed by atoms with Gasteiger partial charge in [-0.1, -0.05) is 0 Å². The van der Waals surface area contributed by atoms with E-state index < -0.39 is 5.82 Å². The number of benzene rings is 1. The van der Waals surface area contributed by atoms with Gasteiger partial charge in [0.1, 0.15) is 0 Å². The maximum atomic E-state index is 13.3. The molecule has 1 aromatic heterocycles. The Morgan fingerprint density at radius 2 is 2.15 bits per heavy atom. The van der Waals surface area contributed by atoms with Crippen LogP contribution in [0, 0.1) is 5.82 Å². The van der Waals surface area contributed by atoms with Crippen LogP contribution in [-0.4, -0.2) is 10.1 Å². The highest BCUT2D eigenvalue weighted by atomic mass is 79.9. The highest BCUT2D eigenvalue weighted by Crippen LogP contribution is 2.25. The van der Waals surface area contributed by atoms with Crippen LogP contribution in [0.3, 0.4) is 0 Å². The number of hydrogen-bond acceptors (Lipinski definition) is 2. The first-order valence-electron chi connectivity index (χ1n) is 3.61. The van der Waals surface area contributed by atoms with Gasteiger partial charge < -0.3 is 5.11 Å². The number of phenols is 1. The first-order chi connectivity index (χ1) is 6.18. The van der Waals surface area contributed by atoms with Crippen LogP contribution in [0.1, 0.15) is 0 Å². The number of fused-ring (bicyclic) bond motifs is 1. The molecule has 0 spiro atoms. The van der Waals surface area contributed by atoms with E-state index in [4.69, 9.17) is 5.11 Å². The second-order valence-corrected chi connectivity index (χ2v) is 3.53. The standard InChI is InChI=1S/C9H5BrFNO/c10-5-3-6-7(12-4-5)1-2-8(13)9(6)11/h1-4,13H. The highest BCUT2D eigenvalue weighted by molar-refractivity contribution is 9.10. The molecule has 2 aromatic rings. The number of pyridine rings is 1. The molecule has 2 nitrogen and oxygen atoms in total. The summed E-state index contributed by atoms with van der Waals surface area (Å²) in [7, 11) is 0. The molecule has 4 heteroatoms. The van der Waals surface area contributed by atoms with Gasteiger partial charge >= 0.3 is 0 Å². The average molecular weight is 242 g/mol. The van der Waals surface area contributed by atoms with Crippen LogP contribution >= 0.6 is 15.9 Å². The van der Waals surface area contributed by atoms with Crippen LogP contribution < -0.4 is 0 Å². The molecule has 13 heavy (non-hydrogen) atoms. The van der Waals surface area contributed by atoms with Gasteiger partial charge in [0.15, 0.2) is 11.6 Å². The van der Waals surface area contributed by atoms with Gasteiger partial charge in [0.05, 0.1) is 5.52 Å². The monoisotopic (exact) mass is 241 g/mol. The maximum absolute atomic E-state index is 13.3. The minimum Gasteiger partial charge on any atom is -0.505 e. The molecule has 0 fully saturated rings. The van der Waals surface area contributed by atoms with Crippen molar-refractivity contribution < 1.29 is 9.50 Å². The first kappa shape index (κ1) is 8.44. The predicted octanol–water partition coefficient (Wildman–Crippen LogP) is 2.84. The minimum absolute atomic E-state index is 0.314. The normalized spacial score (nSPS) is 10.6. The molecule has 66 valence electrons. The third-order valence-corrected chi connectivity index (χ3v) is 2.18. The average Bonchev–Trinajstić information content (AvgIpc) is 2.12. The molecule has 0 saturated heterocycles. The number of rotatable bonds is 0. The Bertz CT molecular complexity index is 467. The Kier molecular flexibility index (Phi) is 1.92. The fourth-order valence-corrected chi connectivity index (χ4v) is 1.46. The van der Waals surface area contributed by atoms with E-state index in [9.17, 15) is 4.39 Å². The van der Waals surface area contributed by atoms with Crippen LogP contribution in [0.2, 0.25) is 0 Å². The van der Waals surface area contributed by atoms with Crippen molar-refractivity contribution in [2.75, 3.05) is 0 Å². The second kappa shape index (κ2) is 2.96. The zero-order valence-electron chi connectivity index (χ0n) is 6.46. The van der Waals surface area contributed by atoms with Crippen LogP contribution in [0.5, 0.6) is 5.75 Å². The Labute approximate surface area is 82.2 Å². The molecular weight excluding hydrogens is 237 g/mol. The number of hydrogen-bond donors (Lipinski definition) is 1. The van der Waals surface area contributed by atoms with E-state index in [1.54, 1.807) is 18.3 Å². The Balaban J connectivity index is 2.89. The van der Waals surface area contributed by atoms with Crippen molar-refractivity contribution in [1.82, 2.24) is 4.98 Å². The summed E-state index contributed by atoms with van der Waals surface area (Å²) in [6.45, 7) is 0. The quantitative estimate of drug-likeness (QED) is 0.770. The minimum atomic E-state index is -0.633. The van der Waals surface area contributed by atoms with Gasteiger partial charge in [-0.3, -0.25) is 4.98 Å². The number of aromatic hydroxyl groups is 1. The van der Waals surface area contributed by atoms with Crippen LogP contribution in [0.4, 0.5) is 4.39 Å². The van der Waals surface area contributed by atoms with E-state index in [0.29, 0.717) is 15.4 Å². The molecule has 0 radical (unpaired) electrons. The van der Waals surface area contributed by atoms with Crippen LogP contribution in [0.25, 0.3) is 10.9 Å². The van der Waals surface area contributed by atoms with Crippen molar-refractivity contribution in [2.24, 2.45) is 0 Å². The van der Waals surface area contributed by atoms with Crippen molar-refractivity contribution in [2.45, 2.75) is 0 Å².